The Kier molecular flexibility index (Phi) is 5.37. The Labute approximate surface area is 176 Å². The van der Waals surface area contributed by atoms with E-state index in [-0.39, 0.29) is 16.7 Å². The van der Waals surface area contributed by atoms with Crippen molar-refractivity contribution in [3.05, 3.63) is 90.0 Å². The van der Waals surface area contributed by atoms with Crippen LogP contribution < -0.4 is 9.64 Å². The van der Waals surface area contributed by atoms with Crippen LogP contribution in [0.25, 0.3) is 0 Å². The quantitative estimate of drug-likeness (QED) is 0.494. The van der Waals surface area contributed by atoms with Gasteiger partial charge in [-0.1, -0.05) is 63.2 Å². The van der Waals surface area contributed by atoms with Crippen LogP contribution >= 0.6 is 11.8 Å². The van der Waals surface area contributed by atoms with Crippen molar-refractivity contribution in [3.63, 3.8) is 0 Å². The molecule has 4 heteroatoms. The van der Waals surface area contributed by atoms with E-state index in [0.717, 1.165) is 22.7 Å². The number of nitrogens with zero attached hydrogens (tertiary/aromatic N) is 1. The molecule has 0 saturated carbocycles. The lowest BCUT2D eigenvalue weighted by Crippen LogP contribution is -2.27. The normalized spacial score (nSPS) is 16.9. The van der Waals surface area contributed by atoms with E-state index in [0.29, 0.717) is 5.75 Å². The van der Waals surface area contributed by atoms with Crippen molar-refractivity contribution in [2.45, 2.75) is 31.6 Å². The summed E-state index contributed by atoms with van der Waals surface area (Å²) in [5.41, 5.74) is 3.46. The fourth-order valence-electron chi connectivity index (χ4n) is 3.40. The number of amides is 1. The van der Waals surface area contributed by atoms with E-state index in [4.69, 9.17) is 4.74 Å². The highest BCUT2D eigenvalue weighted by molar-refractivity contribution is 8.00. The molecule has 1 fully saturated rings. The molecule has 3 aromatic carbocycles. The van der Waals surface area contributed by atoms with Gasteiger partial charge in [0.1, 0.15) is 16.9 Å². The number of benzene rings is 3. The summed E-state index contributed by atoms with van der Waals surface area (Å²) >= 11 is 1.67. The molecule has 3 aromatic rings. The van der Waals surface area contributed by atoms with Gasteiger partial charge >= 0.3 is 0 Å². The minimum absolute atomic E-state index is 0.00240. The Morgan fingerprint density at radius 2 is 1.48 bits per heavy atom. The number of hydrogen-bond acceptors (Lipinski definition) is 3. The number of carbonyl (C=O) groups excluding carboxylic acids is 1. The van der Waals surface area contributed by atoms with Gasteiger partial charge in [-0.2, -0.15) is 0 Å². The zero-order valence-corrected chi connectivity index (χ0v) is 17.8. The minimum Gasteiger partial charge on any atom is -0.457 e. The average molecular weight is 404 g/mol. The maximum absolute atomic E-state index is 12.6. The summed E-state index contributed by atoms with van der Waals surface area (Å²) < 4.78 is 5.87. The van der Waals surface area contributed by atoms with Gasteiger partial charge in [0.05, 0.1) is 5.75 Å². The molecule has 1 unspecified atom stereocenters. The molecule has 0 radical (unpaired) electrons. The van der Waals surface area contributed by atoms with Crippen LogP contribution in [0.3, 0.4) is 0 Å². The molecule has 1 heterocycles. The number of ether oxygens (including phenoxy) is 1. The van der Waals surface area contributed by atoms with Crippen molar-refractivity contribution >= 4 is 23.4 Å². The van der Waals surface area contributed by atoms with Gasteiger partial charge in [0, 0.05) is 5.69 Å². The Balaban J connectivity index is 1.55. The summed E-state index contributed by atoms with van der Waals surface area (Å²) in [4.78, 5) is 14.5. The van der Waals surface area contributed by atoms with Crippen LogP contribution in [0, 0.1) is 0 Å². The van der Waals surface area contributed by atoms with E-state index in [1.165, 1.54) is 5.56 Å². The number of hydrogen-bond donors (Lipinski definition) is 0. The summed E-state index contributed by atoms with van der Waals surface area (Å²) in [5.74, 6) is 2.18. The van der Waals surface area contributed by atoms with Crippen molar-refractivity contribution < 1.29 is 9.53 Å². The summed E-state index contributed by atoms with van der Waals surface area (Å²) in [6.07, 6.45) is 0. The third-order valence-corrected chi connectivity index (χ3v) is 6.24. The highest BCUT2D eigenvalue weighted by atomic mass is 32.2. The lowest BCUT2D eigenvalue weighted by Gasteiger charge is -2.26. The molecule has 29 heavy (non-hydrogen) atoms. The molecule has 1 saturated heterocycles. The second-order valence-corrected chi connectivity index (χ2v) is 9.28. The molecule has 1 atom stereocenters. The van der Waals surface area contributed by atoms with Crippen LogP contribution in [0.1, 0.15) is 37.3 Å². The fourth-order valence-corrected chi connectivity index (χ4v) is 4.57. The Morgan fingerprint density at radius 1 is 0.862 bits per heavy atom. The molecule has 1 amide bonds. The lowest BCUT2D eigenvalue weighted by atomic mass is 9.86. The maximum atomic E-state index is 12.6. The highest BCUT2D eigenvalue weighted by Gasteiger charge is 2.34. The summed E-state index contributed by atoms with van der Waals surface area (Å²) in [6, 6.07) is 26.1. The monoisotopic (exact) mass is 403 g/mol. The molecule has 3 nitrogen and oxygen atoms in total. The van der Waals surface area contributed by atoms with Gasteiger partial charge < -0.3 is 4.74 Å². The molecular formula is C25H25NO2S. The Hall–Kier alpha value is -2.72. The SMILES string of the molecule is CC(C)(C)c1ccc(C2SCC(=O)N2c2ccc(Oc3ccccc3)cc2)cc1. The van der Waals surface area contributed by atoms with E-state index in [9.17, 15) is 4.79 Å². The molecule has 148 valence electrons. The van der Waals surface area contributed by atoms with Crippen LogP contribution in [-0.4, -0.2) is 11.7 Å². The zero-order chi connectivity index (χ0) is 20.4. The minimum atomic E-state index is -0.00240. The van der Waals surface area contributed by atoms with Crippen molar-refractivity contribution in [1.29, 1.82) is 0 Å². The first-order valence-electron chi connectivity index (χ1n) is 9.79. The van der Waals surface area contributed by atoms with Gasteiger partial charge in [-0.05, 0) is 52.9 Å². The molecule has 1 aliphatic rings. The Bertz CT molecular complexity index is 976. The zero-order valence-electron chi connectivity index (χ0n) is 17.0. The third-order valence-electron chi connectivity index (χ3n) is 5.02. The fraction of sp³-hybridized carbons (Fsp3) is 0.240. The van der Waals surface area contributed by atoms with E-state index in [1.54, 1.807) is 11.8 Å². The smallest absolute Gasteiger partial charge is 0.238 e. The van der Waals surface area contributed by atoms with Crippen molar-refractivity contribution in [3.8, 4) is 11.5 Å². The molecule has 0 bridgehead atoms. The summed E-state index contributed by atoms with van der Waals surface area (Å²) in [7, 11) is 0. The van der Waals surface area contributed by atoms with Crippen LogP contribution in [0.5, 0.6) is 11.5 Å². The predicted octanol–water partition coefficient (Wildman–Crippen LogP) is 6.56. The molecular weight excluding hydrogens is 378 g/mol. The summed E-state index contributed by atoms with van der Waals surface area (Å²) in [5, 5.41) is -0.00240. The van der Waals surface area contributed by atoms with Gasteiger partial charge in [0.25, 0.3) is 0 Å². The molecule has 1 aliphatic heterocycles. The van der Waals surface area contributed by atoms with Crippen LogP contribution in [-0.2, 0) is 10.2 Å². The predicted molar refractivity (Wildman–Crippen MR) is 121 cm³/mol. The van der Waals surface area contributed by atoms with Gasteiger partial charge in [0.15, 0.2) is 0 Å². The second kappa shape index (κ2) is 7.96. The van der Waals surface area contributed by atoms with Gasteiger partial charge in [-0.15, -0.1) is 11.8 Å². The number of carbonyl (C=O) groups is 1. The molecule has 0 aromatic heterocycles. The molecule has 4 rings (SSSR count). The van der Waals surface area contributed by atoms with Gasteiger partial charge in [-0.25, -0.2) is 0 Å². The number of thioether (sulfide) groups is 1. The van der Waals surface area contributed by atoms with Crippen molar-refractivity contribution in [1.82, 2.24) is 0 Å². The highest BCUT2D eigenvalue weighted by Crippen LogP contribution is 2.42. The number of rotatable bonds is 4. The van der Waals surface area contributed by atoms with Gasteiger partial charge in [0.2, 0.25) is 5.91 Å². The lowest BCUT2D eigenvalue weighted by molar-refractivity contribution is -0.115. The molecule has 0 spiro atoms. The first-order valence-corrected chi connectivity index (χ1v) is 10.8. The third kappa shape index (κ3) is 4.33. The standard InChI is InChI=1S/C25H25NO2S/c1-25(2,3)19-11-9-18(10-12-19)24-26(23(27)17-29-24)20-13-15-22(16-14-20)28-21-7-5-4-6-8-21/h4-16,24H,17H2,1-3H3. The second-order valence-electron chi connectivity index (χ2n) is 8.21. The van der Waals surface area contributed by atoms with Gasteiger partial charge in [-0.3, -0.25) is 9.69 Å². The average Bonchev–Trinajstić information content (AvgIpc) is 3.10. The molecule has 0 aliphatic carbocycles. The van der Waals surface area contributed by atoms with E-state index < -0.39 is 0 Å². The van der Waals surface area contributed by atoms with E-state index in [1.807, 2.05) is 59.5 Å². The first kappa shape index (κ1) is 19.6. The maximum Gasteiger partial charge on any atom is 0.238 e. The number of anilines is 1. The van der Waals surface area contributed by atoms with E-state index in [2.05, 4.69) is 45.0 Å². The Morgan fingerprint density at radius 3 is 2.10 bits per heavy atom. The van der Waals surface area contributed by atoms with Crippen LogP contribution in [0.2, 0.25) is 0 Å². The van der Waals surface area contributed by atoms with Crippen LogP contribution in [0.4, 0.5) is 5.69 Å². The largest absolute Gasteiger partial charge is 0.457 e. The topological polar surface area (TPSA) is 29.5 Å². The number of para-hydroxylation sites is 1. The van der Waals surface area contributed by atoms with E-state index >= 15 is 0 Å². The van der Waals surface area contributed by atoms with Crippen molar-refractivity contribution in [2.24, 2.45) is 0 Å². The molecule has 0 N–H and O–H groups in total. The van der Waals surface area contributed by atoms with Crippen LogP contribution in [0.15, 0.2) is 78.9 Å². The summed E-state index contributed by atoms with van der Waals surface area (Å²) in [6.45, 7) is 6.63. The first-order chi connectivity index (χ1) is 13.9. The van der Waals surface area contributed by atoms with Crippen molar-refractivity contribution in [2.75, 3.05) is 10.7 Å².